The molecule has 7 nitrogen and oxygen atoms in total. The zero-order valence-electron chi connectivity index (χ0n) is 21.9. The van der Waals surface area contributed by atoms with Crippen LogP contribution in [0.4, 0.5) is 0 Å². The molecule has 8 heteroatoms. The normalized spacial score (nSPS) is 18.4. The molecule has 2 aromatic carbocycles. The van der Waals surface area contributed by atoms with Gasteiger partial charge < -0.3 is 10.0 Å². The molecule has 1 saturated heterocycles. The Bertz CT molecular complexity index is 1390. The van der Waals surface area contributed by atoms with Crippen molar-refractivity contribution >= 4 is 22.6 Å². The summed E-state index contributed by atoms with van der Waals surface area (Å²) in [4.78, 5) is 4.83. The molecule has 1 N–H and O–H groups in total. The van der Waals surface area contributed by atoms with Gasteiger partial charge in [-0.3, -0.25) is 4.90 Å². The first-order valence-electron chi connectivity index (χ1n) is 13.8. The second-order valence-corrected chi connectivity index (χ2v) is 11.1. The summed E-state index contributed by atoms with van der Waals surface area (Å²) < 4.78 is 1.96. The summed E-state index contributed by atoms with van der Waals surface area (Å²) in [5.41, 5.74) is 4.94. The molecule has 3 heterocycles. The Labute approximate surface area is 229 Å². The van der Waals surface area contributed by atoms with Crippen molar-refractivity contribution in [2.75, 3.05) is 39.8 Å². The van der Waals surface area contributed by atoms with E-state index < -0.39 is 6.10 Å². The fraction of sp³-hybridized carbons (Fsp3) is 0.433. The van der Waals surface area contributed by atoms with Crippen LogP contribution in [0.15, 0.2) is 54.6 Å². The summed E-state index contributed by atoms with van der Waals surface area (Å²) in [5.74, 6) is 0.322. The molecule has 1 unspecified atom stereocenters. The standard InChI is InChI=1S/C30H35ClN6O/c1-35-14-16-36(17-15-35)18-19-37-30-25(26(31)28(32-33-30)21-8-3-2-4-9-21)27(34-37)23-12-7-13-24(20-23)29(38)22-10-5-6-11-22/h2-4,7-9,12-13,20,22,29,38H,5-6,10-11,14-19H2,1H3. The molecular weight excluding hydrogens is 496 g/mol. The average Bonchev–Trinajstić information content (AvgIpc) is 3.62. The molecule has 6 rings (SSSR count). The van der Waals surface area contributed by atoms with Gasteiger partial charge in [0.15, 0.2) is 5.65 Å². The number of aromatic nitrogens is 4. The van der Waals surface area contributed by atoms with E-state index in [0.717, 1.165) is 73.3 Å². The highest BCUT2D eigenvalue weighted by Crippen LogP contribution is 2.40. The van der Waals surface area contributed by atoms with E-state index in [4.69, 9.17) is 16.7 Å². The summed E-state index contributed by atoms with van der Waals surface area (Å²) >= 11 is 7.09. The third-order valence-electron chi connectivity index (χ3n) is 8.22. The summed E-state index contributed by atoms with van der Waals surface area (Å²) in [6.07, 6.45) is 4.09. The Balaban J connectivity index is 1.40. The van der Waals surface area contributed by atoms with Crippen LogP contribution in [-0.2, 0) is 6.54 Å². The van der Waals surface area contributed by atoms with Gasteiger partial charge in [-0.2, -0.15) is 5.10 Å². The van der Waals surface area contributed by atoms with Crippen LogP contribution >= 0.6 is 11.6 Å². The molecule has 1 aliphatic heterocycles. The molecule has 1 aliphatic carbocycles. The Kier molecular flexibility index (Phi) is 7.43. The third kappa shape index (κ3) is 5.08. The van der Waals surface area contributed by atoms with E-state index in [0.29, 0.717) is 28.8 Å². The minimum atomic E-state index is -0.460. The highest BCUT2D eigenvalue weighted by Gasteiger charge is 2.26. The highest BCUT2D eigenvalue weighted by atomic mass is 35.5. The smallest absolute Gasteiger partial charge is 0.182 e. The van der Waals surface area contributed by atoms with Crippen molar-refractivity contribution < 1.29 is 5.11 Å². The van der Waals surface area contributed by atoms with E-state index >= 15 is 0 Å². The van der Waals surface area contributed by atoms with E-state index in [-0.39, 0.29) is 0 Å². The first-order valence-corrected chi connectivity index (χ1v) is 14.1. The lowest BCUT2D eigenvalue weighted by atomic mass is 9.93. The highest BCUT2D eigenvalue weighted by molar-refractivity contribution is 6.38. The molecule has 0 bridgehead atoms. The Hall–Kier alpha value is -2.84. The predicted molar refractivity (Wildman–Crippen MR) is 152 cm³/mol. The molecule has 1 saturated carbocycles. The fourth-order valence-corrected chi connectivity index (χ4v) is 6.20. The summed E-state index contributed by atoms with van der Waals surface area (Å²) in [6, 6.07) is 18.1. The first kappa shape index (κ1) is 25.4. The molecule has 0 spiro atoms. The van der Waals surface area contributed by atoms with Gasteiger partial charge in [-0.25, -0.2) is 4.68 Å². The minimum Gasteiger partial charge on any atom is -0.388 e. The number of halogens is 1. The predicted octanol–water partition coefficient (Wildman–Crippen LogP) is 5.28. The molecule has 198 valence electrons. The van der Waals surface area contributed by atoms with E-state index in [2.05, 4.69) is 39.2 Å². The van der Waals surface area contributed by atoms with Crippen molar-refractivity contribution in [2.24, 2.45) is 5.92 Å². The number of hydrogen-bond acceptors (Lipinski definition) is 6. The second-order valence-electron chi connectivity index (χ2n) is 10.8. The Morgan fingerprint density at radius 1 is 0.895 bits per heavy atom. The molecule has 1 atom stereocenters. The van der Waals surface area contributed by atoms with Crippen LogP contribution < -0.4 is 0 Å². The van der Waals surface area contributed by atoms with Crippen LogP contribution in [0.25, 0.3) is 33.5 Å². The SMILES string of the molecule is CN1CCN(CCn2nc(-c3cccc(C(O)C4CCCC4)c3)c3c(Cl)c(-c4ccccc4)nnc32)CC1. The Morgan fingerprint density at radius 3 is 2.39 bits per heavy atom. The van der Waals surface area contributed by atoms with E-state index in [1.807, 2.05) is 47.1 Å². The van der Waals surface area contributed by atoms with Gasteiger partial charge in [-0.05, 0) is 37.4 Å². The van der Waals surface area contributed by atoms with E-state index in [1.165, 1.54) is 12.8 Å². The van der Waals surface area contributed by atoms with E-state index in [9.17, 15) is 5.11 Å². The zero-order valence-corrected chi connectivity index (χ0v) is 22.7. The molecule has 2 aromatic heterocycles. The lowest BCUT2D eigenvalue weighted by Crippen LogP contribution is -2.45. The average molecular weight is 531 g/mol. The maximum Gasteiger partial charge on any atom is 0.182 e. The van der Waals surface area contributed by atoms with Crippen molar-refractivity contribution in [3.05, 3.63) is 65.2 Å². The number of hydrogen-bond donors (Lipinski definition) is 1. The largest absolute Gasteiger partial charge is 0.388 e. The lowest BCUT2D eigenvalue weighted by Gasteiger charge is -2.32. The third-order valence-corrected chi connectivity index (χ3v) is 8.58. The minimum absolute atomic E-state index is 0.322. The quantitative estimate of drug-likeness (QED) is 0.350. The van der Waals surface area contributed by atoms with Crippen LogP contribution in [-0.4, -0.2) is 74.7 Å². The van der Waals surface area contributed by atoms with Gasteiger partial charge in [0.1, 0.15) is 11.4 Å². The lowest BCUT2D eigenvalue weighted by molar-refractivity contribution is 0.111. The Morgan fingerprint density at radius 2 is 1.63 bits per heavy atom. The van der Waals surface area contributed by atoms with Gasteiger partial charge in [0.2, 0.25) is 0 Å². The second kappa shape index (κ2) is 11.1. The monoisotopic (exact) mass is 530 g/mol. The van der Waals surface area contributed by atoms with Crippen LogP contribution in [0.1, 0.15) is 37.4 Å². The number of rotatable bonds is 7. The number of likely N-dealkylation sites (N-methyl/N-ethyl adjacent to an activating group) is 1. The maximum absolute atomic E-state index is 11.1. The van der Waals surface area contributed by atoms with Crippen LogP contribution in [0, 0.1) is 5.92 Å². The molecule has 2 aliphatic rings. The van der Waals surface area contributed by atoms with Crippen LogP contribution in [0.2, 0.25) is 5.02 Å². The van der Waals surface area contributed by atoms with Gasteiger partial charge in [-0.1, -0.05) is 73.0 Å². The number of benzene rings is 2. The molecule has 4 aromatic rings. The zero-order chi connectivity index (χ0) is 26.1. The topological polar surface area (TPSA) is 70.3 Å². The van der Waals surface area contributed by atoms with Crippen LogP contribution in [0.3, 0.4) is 0 Å². The fourth-order valence-electron chi connectivity index (χ4n) is 5.88. The molecule has 38 heavy (non-hydrogen) atoms. The first-order chi connectivity index (χ1) is 18.6. The summed E-state index contributed by atoms with van der Waals surface area (Å²) in [5, 5.41) is 26.8. The molecule has 0 amide bonds. The molecular formula is C30H35ClN6O. The number of nitrogens with zero attached hydrogens (tertiary/aromatic N) is 6. The number of aliphatic hydroxyl groups excluding tert-OH is 1. The van der Waals surface area contributed by atoms with Gasteiger partial charge in [-0.15, -0.1) is 10.2 Å². The van der Waals surface area contributed by atoms with Crippen molar-refractivity contribution in [3.8, 4) is 22.5 Å². The summed E-state index contributed by atoms with van der Waals surface area (Å²) in [6.45, 7) is 5.85. The molecule has 0 radical (unpaired) electrons. The number of piperazine rings is 1. The van der Waals surface area contributed by atoms with Gasteiger partial charge >= 0.3 is 0 Å². The van der Waals surface area contributed by atoms with Gasteiger partial charge in [0.25, 0.3) is 0 Å². The van der Waals surface area contributed by atoms with Crippen molar-refractivity contribution in [2.45, 2.75) is 38.3 Å². The number of fused-ring (bicyclic) bond motifs is 1. The van der Waals surface area contributed by atoms with Crippen LogP contribution in [0.5, 0.6) is 0 Å². The number of aliphatic hydroxyl groups is 1. The van der Waals surface area contributed by atoms with Gasteiger partial charge in [0, 0.05) is 43.9 Å². The molecule has 2 fully saturated rings. The van der Waals surface area contributed by atoms with Crippen molar-refractivity contribution in [1.82, 2.24) is 29.8 Å². The van der Waals surface area contributed by atoms with Gasteiger partial charge in [0.05, 0.1) is 23.1 Å². The van der Waals surface area contributed by atoms with Crippen molar-refractivity contribution in [3.63, 3.8) is 0 Å². The van der Waals surface area contributed by atoms with Crippen molar-refractivity contribution in [1.29, 1.82) is 0 Å². The maximum atomic E-state index is 11.1. The summed E-state index contributed by atoms with van der Waals surface area (Å²) in [7, 11) is 2.17. The van der Waals surface area contributed by atoms with E-state index in [1.54, 1.807) is 0 Å².